The van der Waals surface area contributed by atoms with E-state index in [1.54, 1.807) is 7.11 Å². The molecule has 0 amide bonds. The number of rotatable bonds is 8. The molecule has 0 saturated carbocycles. The molecule has 0 atom stereocenters. The van der Waals surface area contributed by atoms with Crippen LogP contribution in [0.25, 0.3) is 0 Å². The summed E-state index contributed by atoms with van der Waals surface area (Å²) in [5, 5.41) is 9.91. The van der Waals surface area contributed by atoms with Gasteiger partial charge in [-0.15, -0.1) is 0 Å². The van der Waals surface area contributed by atoms with E-state index in [-0.39, 0.29) is 5.75 Å². The summed E-state index contributed by atoms with van der Waals surface area (Å²) in [6.07, 6.45) is 9.14. The molecule has 1 aliphatic heterocycles. The molecule has 2 rings (SSSR count). The molecule has 21 heavy (non-hydrogen) atoms. The number of nitrogens with zero attached hydrogens (tertiary/aromatic N) is 1. The number of benzene rings is 1. The largest absolute Gasteiger partial charge is 0.504 e. The van der Waals surface area contributed by atoms with Crippen LogP contribution in [0.3, 0.4) is 0 Å². The fourth-order valence-corrected chi connectivity index (χ4v) is 3.10. The second kappa shape index (κ2) is 8.28. The zero-order chi connectivity index (χ0) is 15.1. The van der Waals surface area contributed by atoms with Crippen LogP contribution in [0, 0.1) is 0 Å². The molecular weight excluding hydrogens is 262 g/mol. The number of aromatic hydroxyl groups is 1. The van der Waals surface area contributed by atoms with Gasteiger partial charge in [-0.1, -0.05) is 39.0 Å². The Morgan fingerprint density at radius 1 is 1.10 bits per heavy atom. The van der Waals surface area contributed by atoms with E-state index in [4.69, 9.17) is 4.74 Å². The molecule has 0 spiro atoms. The van der Waals surface area contributed by atoms with Crippen LogP contribution in [0.5, 0.6) is 11.5 Å². The van der Waals surface area contributed by atoms with Crippen LogP contribution < -0.4 is 4.74 Å². The molecule has 3 heteroatoms. The molecule has 1 heterocycles. The summed E-state index contributed by atoms with van der Waals surface area (Å²) in [4.78, 5) is 2.51. The minimum Gasteiger partial charge on any atom is -0.504 e. The van der Waals surface area contributed by atoms with Gasteiger partial charge in [0.2, 0.25) is 0 Å². The number of hydrogen-bond donors (Lipinski definition) is 1. The highest BCUT2D eigenvalue weighted by Crippen LogP contribution is 2.32. The number of phenols is 1. The minimum atomic E-state index is 0.262. The predicted octanol–water partition coefficient (Wildman–Crippen LogP) is 4.12. The van der Waals surface area contributed by atoms with E-state index in [2.05, 4.69) is 11.8 Å². The van der Waals surface area contributed by atoms with Crippen molar-refractivity contribution in [2.45, 2.75) is 58.4 Å². The molecule has 0 unspecified atom stereocenters. The Morgan fingerprint density at radius 3 is 2.62 bits per heavy atom. The third-order valence-corrected chi connectivity index (χ3v) is 4.42. The van der Waals surface area contributed by atoms with Crippen LogP contribution in [0.4, 0.5) is 0 Å². The lowest BCUT2D eigenvalue weighted by Crippen LogP contribution is -2.31. The summed E-state index contributed by atoms with van der Waals surface area (Å²) < 4.78 is 5.19. The number of methoxy groups -OCH3 is 1. The first-order chi connectivity index (χ1) is 10.2. The summed E-state index contributed by atoms with van der Waals surface area (Å²) in [6.45, 7) is 5.52. The lowest BCUT2D eigenvalue weighted by atomic mass is 9.98. The van der Waals surface area contributed by atoms with Crippen LogP contribution >= 0.6 is 0 Å². The van der Waals surface area contributed by atoms with E-state index in [0.29, 0.717) is 5.75 Å². The molecule has 3 nitrogen and oxygen atoms in total. The Bertz CT molecular complexity index is 445. The number of unbranched alkanes of at least 4 members (excludes halogenated alkanes) is 5. The van der Waals surface area contributed by atoms with Crippen molar-refractivity contribution in [1.29, 1.82) is 0 Å². The van der Waals surface area contributed by atoms with Gasteiger partial charge >= 0.3 is 0 Å². The average Bonchev–Trinajstić information content (AvgIpc) is 2.50. The molecule has 1 aromatic rings. The maximum Gasteiger partial charge on any atom is 0.160 e. The summed E-state index contributed by atoms with van der Waals surface area (Å²) in [5.41, 5.74) is 2.58. The Kier molecular flexibility index (Phi) is 6.37. The molecule has 0 saturated heterocycles. The van der Waals surface area contributed by atoms with Gasteiger partial charge in [0.15, 0.2) is 11.5 Å². The van der Waals surface area contributed by atoms with Crippen LogP contribution in [-0.4, -0.2) is 30.2 Å². The van der Waals surface area contributed by atoms with Crippen LogP contribution in [0.2, 0.25) is 0 Å². The van der Waals surface area contributed by atoms with Gasteiger partial charge in [-0.3, -0.25) is 4.90 Å². The number of fused-ring (bicyclic) bond motifs is 1. The first-order valence-corrected chi connectivity index (χ1v) is 8.35. The van der Waals surface area contributed by atoms with Gasteiger partial charge in [-0.25, -0.2) is 0 Å². The van der Waals surface area contributed by atoms with E-state index in [0.717, 1.165) is 19.5 Å². The van der Waals surface area contributed by atoms with Crippen molar-refractivity contribution in [3.8, 4) is 11.5 Å². The molecule has 1 aliphatic rings. The van der Waals surface area contributed by atoms with Crippen molar-refractivity contribution in [3.63, 3.8) is 0 Å². The maximum absolute atomic E-state index is 9.91. The molecule has 1 N–H and O–H groups in total. The number of phenolic OH excluding ortho intramolecular Hbond substituents is 1. The quantitative estimate of drug-likeness (QED) is 0.731. The number of hydrogen-bond acceptors (Lipinski definition) is 3. The maximum atomic E-state index is 9.91. The SMILES string of the molecule is CCCCCCCCN1CCc2cc(OC)c(O)cc2C1. The molecule has 0 radical (unpaired) electrons. The lowest BCUT2D eigenvalue weighted by molar-refractivity contribution is 0.246. The van der Waals surface area contributed by atoms with Crippen molar-refractivity contribution in [1.82, 2.24) is 4.90 Å². The van der Waals surface area contributed by atoms with Gasteiger partial charge in [0.1, 0.15) is 0 Å². The lowest BCUT2D eigenvalue weighted by Gasteiger charge is -2.29. The van der Waals surface area contributed by atoms with E-state index >= 15 is 0 Å². The Balaban J connectivity index is 1.78. The highest BCUT2D eigenvalue weighted by molar-refractivity contribution is 5.47. The smallest absolute Gasteiger partial charge is 0.160 e. The van der Waals surface area contributed by atoms with Crippen molar-refractivity contribution >= 4 is 0 Å². The minimum absolute atomic E-state index is 0.262. The van der Waals surface area contributed by atoms with Crippen molar-refractivity contribution in [2.75, 3.05) is 20.2 Å². The highest BCUT2D eigenvalue weighted by Gasteiger charge is 2.18. The van der Waals surface area contributed by atoms with Crippen molar-refractivity contribution in [2.24, 2.45) is 0 Å². The Labute approximate surface area is 128 Å². The van der Waals surface area contributed by atoms with Crippen molar-refractivity contribution in [3.05, 3.63) is 23.3 Å². The van der Waals surface area contributed by atoms with Crippen LogP contribution in [-0.2, 0) is 13.0 Å². The van der Waals surface area contributed by atoms with Gasteiger partial charge < -0.3 is 9.84 Å². The third-order valence-electron chi connectivity index (χ3n) is 4.42. The van der Waals surface area contributed by atoms with E-state index in [1.807, 2.05) is 12.1 Å². The van der Waals surface area contributed by atoms with E-state index in [9.17, 15) is 5.11 Å². The normalized spacial score (nSPS) is 15.0. The van der Waals surface area contributed by atoms with Crippen LogP contribution in [0.1, 0.15) is 56.6 Å². The second-order valence-electron chi connectivity index (χ2n) is 6.09. The zero-order valence-corrected chi connectivity index (χ0v) is 13.5. The van der Waals surface area contributed by atoms with E-state index in [1.165, 1.54) is 56.2 Å². The fourth-order valence-electron chi connectivity index (χ4n) is 3.10. The molecular formula is C18H29NO2. The fraction of sp³-hybridized carbons (Fsp3) is 0.667. The second-order valence-corrected chi connectivity index (χ2v) is 6.09. The van der Waals surface area contributed by atoms with Gasteiger partial charge in [-0.2, -0.15) is 0 Å². The molecule has 1 aromatic carbocycles. The first kappa shape index (κ1) is 16.2. The highest BCUT2D eigenvalue weighted by atomic mass is 16.5. The average molecular weight is 291 g/mol. The monoisotopic (exact) mass is 291 g/mol. The van der Waals surface area contributed by atoms with Crippen LogP contribution in [0.15, 0.2) is 12.1 Å². The first-order valence-electron chi connectivity index (χ1n) is 8.35. The van der Waals surface area contributed by atoms with Gasteiger partial charge in [-0.05, 0) is 42.6 Å². The standard InChI is InChI=1S/C18H29NO2/c1-3-4-5-6-7-8-10-19-11-9-15-13-18(21-2)17(20)12-16(15)14-19/h12-13,20H,3-11,14H2,1-2H3. The number of ether oxygens (including phenoxy) is 1. The van der Waals surface area contributed by atoms with E-state index < -0.39 is 0 Å². The Hall–Kier alpha value is -1.22. The van der Waals surface area contributed by atoms with Gasteiger partial charge in [0.05, 0.1) is 7.11 Å². The van der Waals surface area contributed by atoms with Crippen molar-refractivity contribution < 1.29 is 9.84 Å². The molecule has 0 aliphatic carbocycles. The molecule has 118 valence electrons. The Morgan fingerprint density at radius 2 is 1.86 bits per heavy atom. The van der Waals surface area contributed by atoms with Gasteiger partial charge in [0.25, 0.3) is 0 Å². The predicted molar refractivity (Wildman–Crippen MR) is 87.0 cm³/mol. The van der Waals surface area contributed by atoms with Gasteiger partial charge in [0, 0.05) is 13.1 Å². The summed E-state index contributed by atoms with van der Waals surface area (Å²) in [7, 11) is 1.61. The zero-order valence-electron chi connectivity index (χ0n) is 13.5. The summed E-state index contributed by atoms with van der Waals surface area (Å²) >= 11 is 0. The third kappa shape index (κ3) is 4.63. The molecule has 0 bridgehead atoms. The summed E-state index contributed by atoms with van der Waals surface area (Å²) in [5.74, 6) is 0.857. The topological polar surface area (TPSA) is 32.7 Å². The summed E-state index contributed by atoms with van der Waals surface area (Å²) in [6, 6.07) is 3.87. The molecule has 0 fully saturated rings. The molecule has 0 aromatic heterocycles.